The lowest BCUT2D eigenvalue weighted by atomic mass is 9.71. The molecule has 24 heavy (non-hydrogen) atoms. The Kier molecular flexibility index (Phi) is 6.16. The van der Waals surface area contributed by atoms with E-state index >= 15 is 0 Å². The smallest absolute Gasteiger partial charge is 0.309 e. The molecular weight excluding hydrogens is 302 g/mol. The molecule has 0 unspecified atom stereocenters. The highest BCUT2D eigenvalue weighted by Crippen LogP contribution is 2.40. The van der Waals surface area contributed by atoms with E-state index in [0.29, 0.717) is 0 Å². The maximum absolute atomic E-state index is 12.3. The van der Waals surface area contributed by atoms with E-state index in [0.717, 1.165) is 63.2 Å². The van der Waals surface area contributed by atoms with Gasteiger partial charge in [-0.2, -0.15) is 5.26 Å². The first-order valence-corrected chi connectivity index (χ1v) is 9.94. The van der Waals surface area contributed by atoms with Crippen LogP contribution in [-0.2, 0) is 9.53 Å². The number of nitriles is 1. The van der Waals surface area contributed by atoms with Gasteiger partial charge in [-0.25, -0.2) is 0 Å². The third-order valence-electron chi connectivity index (χ3n) is 6.65. The minimum Gasteiger partial charge on any atom is -0.462 e. The van der Waals surface area contributed by atoms with Crippen LogP contribution in [-0.4, -0.2) is 23.3 Å². The highest BCUT2D eigenvalue weighted by Gasteiger charge is 2.33. The molecule has 0 spiro atoms. The average Bonchev–Trinajstić information content (AvgIpc) is 2.63. The highest BCUT2D eigenvalue weighted by atomic mass is 16.5. The molecule has 0 atom stereocenters. The molecule has 0 saturated heterocycles. The molecule has 3 fully saturated rings. The van der Waals surface area contributed by atoms with Crippen LogP contribution in [0, 0.1) is 35.0 Å². The number of carbonyl (C=O) groups excluding carboxylic acids is 1. The van der Waals surface area contributed by atoms with Crippen LogP contribution < -0.4 is 0 Å². The molecule has 3 rings (SSSR count). The van der Waals surface area contributed by atoms with E-state index in [1.165, 1.54) is 25.7 Å². The number of esters is 1. The van der Waals surface area contributed by atoms with Gasteiger partial charge in [0.15, 0.2) is 0 Å². The number of carbonyl (C=O) groups is 1. The van der Waals surface area contributed by atoms with Gasteiger partial charge in [0.25, 0.3) is 0 Å². The Morgan fingerprint density at radius 2 is 1.38 bits per heavy atom. The standard InChI is InChI=1S/C20H31NO3/c21-13-14-1-3-15(4-2-14)16-7-11-19(12-8-16)24-20(23)17-5-9-18(22)10-6-17/h14-19,22H,1-12H2. The number of rotatable bonds is 3. The number of ether oxygens (including phenoxy) is 1. The lowest BCUT2D eigenvalue weighted by molar-refractivity contribution is -0.158. The fourth-order valence-corrected chi connectivity index (χ4v) is 4.97. The van der Waals surface area contributed by atoms with Crippen molar-refractivity contribution in [1.29, 1.82) is 5.26 Å². The Morgan fingerprint density at radius 3 is 1.92 bits per heavy atom. The second-order valence-electron chi connectivity index (χ2n) is 8.22. The van der Waals surface area contributed by atoms with Crippen molar-refractivity contribution in [1.82, 2.24) is 0 Å². The summed E-state index contributed by atoms with van der Waals surface area (Å²) in [6.07, 6.45) is 11.8. The number of aliphatic hydroxyl groups excluding tert-OH is 1. The molecule has 0 bridgehead atoms. The normalized spacial score (nSPS) is 40.5. The SMILES string of the molecule is N#CC1CCC(C2CCC(OC(=O)C3CCC(O)CC3)CC2)CC1. The maximum atomic E-state index is 12.3. The van der Waals surface area contributed by atoms with Gasteiger partial charge in [-0.15, -0.1) is 0 Å². The van der Waals surface area contributed by atoms with Crippen LogP contribution in [0.3, 0.4) is 0 Å². The molecule has 4 nitrogen and oxygen atoms in total. The highest BCUT2D eigenvalue weighted by molar-refractivity contribution is 5.72. The summed E-state index contributed by atoms with van der Waals surface area (Å²) < 4.78 is 5.77. The first-order chi connectivity index (χ1) is 11.7. The Bertz CT molecular complexity index is 448. The van der Waals surface area contributed by atoms with Gasteiger partial charge in [0.2, 0.25) is 0 Å². The van der Waals surface area contributed by atoms with Crippen LogP contribution >= 0.6 is 0 Å². The quantitative estimate of drug-likeness (QED) is 0.793. The van der Waals surface area contributed by atoms with Gasteiger partial charge < -0.3 is 9.84 Å². The number of nitrogens with zero attached hydrogens (tertiary/aromatic N) is 1. The minimum absolute atomic E-state index is 0.00684. The van der Waals surface area contributed by atoms with Crippen molar-refractivity contribution in [2.75, 3.05) is 0 Å². The van der Waals surface area contributed by atoms with E-state index in [1.807, 2.05) is 0 Å². The van der Waals surface area contributed by atoms with Crippen LogP contribution in [0.15, 0.2) is 0 Å². The van der Waals surface area contributed by atoms with Gasteiger partial charge in [-0.1, -0.05) is 0 Å². The largest absolute Gasteiger partial charge is 0.462 e. The molecule has 1 N–H and O–H groups in total. The van der Waals surface area contributed by atoms with E-state index in [1.54, 1.807) is 0 Å². The maximum Gasteiger partial charge on any atom is 0.309 e. The summed E-state index contributed by atoms with van der Waals surface area (Å²) in [6.45, 7) is 0. The third kappa shape index (κ3) is 4.51. The second-order valence-corrected chi connectivity index (χ2v) is 8.22. The Balaban J connectivity index is 1.38. The lowest BCUT2D eigenvalue weighted by Crippen LogP contribution is -2.32. The summed E-state index contributed by atoms with van der Waals surface area (Å²) in [5.41, 5.74) is 0. The fraction of sp³-hybridized carbons (Fsp3) is 0.900. The van der Waals surface area contributed by atoms with Crippen LogP contribution in [0.2, 0.25) is 0 Å². The van der Waals surface area contributed by atoms with E-state index in [4.69, 9.17) is 10.00 Å². The van der Waals surface area contributed by atoms with Crippen LogP contribution in [0.25, 0.3) is 0 Å². The van der Waals surface area contributed by atoms with Crippen molar-refractivity contribution < 1.29 is 14.6 Å². The zero-order valence-corrected chi connectivity index (χ0v) is 14.7. The Hall–Kier alpha value is -1.08. The summed E-state index contributed by atoms with van der Waals surface area (Å²) in [5, 5.41) is 18.6. The second kappa shape index (κ2) is 8.34. The van der Waals surface area contributed by atoms with E-state index in [9.17, 15) is 9.90 Å². The topological polar surface area (TPSA) is 70.3 Å². The van der Waals surface area contributed by atoms with Crippen molar-refractivity contribution in [3.8, 4) is 6.07 Å². The predicted molar refractivity (Wildman–Crippen MR) is 90.9 cm³/mol. The lowest BCUT2D eigenvalue weighted by Gasteiger charge is -2.37. The average molecular weight is 333 g/mol. The number of hydrogen-bond donors (Lipinski definition) is 1. The summed E-state index contributed by atoms with van der Waals surface area (Å²) >= 11 is 0. The number of aliphatic hydroxyl groups is 1. The summed E-state index contributed by atoms with van der Waals surface area (Å²) in [4.78, 5) is 12.3. The van der Waals surface area contributed by atoms with Crippen LogP contribution in [0.1, 0.15) is 77.0 Å². The van der Waals surface area contributed by atoms with Crippen molar-refractivity contribution in [2.24, 2.45) is 23.7 Å². The van der Waals surface area contributed by atoms with E-state index in [-0.39, 0.29) is 30.0 Å². The minimum atomic E-state index is -0.222. The van der Waals surface area contributed by atoms with Crippen molar-refractivity contribution in [3.05, 3.63) is 0 Å². The van der Waals surface area contributed by atoms with Crippen molar-refractivity contribution in [2.45, 2.75) is 89.3 Å². The predicted octanol–water partition coefficient (Wildman–Crippen LogP) is 3.97. The molecule has 0 aromatic carbocycles. The first kappa shape index (κ1) is 17.7. The van der Waals surface area contributed by atoms with Gasteiger partial charge in [0.1, 0.15) is 6.10 Å². The molecule has 3 aliphatic carbocycles. The summed E-state index contributed by atoms with van der Waals surface area (Å²) in [7, 11) is 0. The molecule has 0 heterocycles. The summed E-state index contributed by atoms with van der Waals surface area (Å²) in [5.74, 6) is 1.82. The van der Waals surface area contributed by atoms with Gasteiger partial charge >= 0.3 is 5.97 Å². The molecule has 0 aromatic heterocycles. The third-order valence-corrected chi connectivity index (χ3v) is 6.65. The van der Waals surface area contributed by atoms with Crippen LogP contribution in [0.4, 0.5) is 0 Å². The molecule has 4 heteroatoms. The Morgan fingerprint density at radius 1 is 0.833 bits per heavy atom. The van der Waals surface area contributed by atoms with Crippen LogP contribution in [0.5, 0.6) is 0 Å². The van der Waals surface area contributed by atoms with Gasteiger partial charge in [0.05, 0.1) is 18.1 Å². The summed E-state index contributed by atoms with van der Waals surface area (Å²) in [6, 6.07) is 2.42. The fourth-order valence-electron chi connectivity index (χ4n) is 4.97. The van der Waals surface area contributed by atoms with E-state index in [2.05, 4.69) is 6.07 Å². The molecule has 0 aromatic rings. The molecule has 0 aliphatic heterocycles. The molecular formula is C20H31NO3. The monoisotopic (exact) mass is 333 g/mol. The van der Waals surface area contributed by atoms with Crippen molar-refractivity contribution in [3.63, 3.8) is 0 Å². The van der Waals surface area contributed by atoms with Gasteiger partial charge in [-0.3, -0.25) is 4.79 Å². The molecule has 134 valence electrons. The zero-order chi connectivity index (χ0) is 16.9. The first-order valence-electron chi connectivity index (χ1n) is 9.94. The van der Waals surface area contributed by atoms with Crippen molar-refractivity contribution >= 4 is 5.97 Å². The zero-order valence-electron chi connectivity index (χ0n) is 14.7. The number of hydrogen-bond acceptors (Lipinski definition) is 4. The van der Waals surface area contributed by atoms with Gasteiger partial charge in [0, 0.05) is 5.92 Å². The van der Waals surface area contributed by atoms with Gasteiger partial charge in [-0.05, 0) is 88.9 Å². The molecule has 0 amide bonds. The molecule has 3 aliphatic rings. The molecule has 0 radical (unpaired) electrons. The molecule has 3 saturated carbocycles. The Labute approximate surface area is 145 Å². The van der Waals surface area contributed by atoms with E-state index < -0.39 is 0 Å².